The molecule has 1 atom stereocenters. The number of benzene rings is 1. The minimum absolute atomic E-state index is 0.0709. The lowest BCUT2D eigenvalue weighted by Gasteiger charge is -2.26. The number of Topliss-reactive ketones (excluding diaryl/α,β-unsaturated/α-hetero) is 1. The summed E-state index contributed by atoms with van der Waals surface area (Å²) >= 11 is 0. The van der Waals surface area contributed by atoms with E-state index >= 15 is 0 Å². The van der Waals surface area contributed by atoms with Crippen molar-refractivity contribution < 1.29 is 27.5 Å². The zero-order valence-corrected chi connectivity index (χ0v) is 19.2. The van der Waals surface area contributed by atoms with Gasteiger partial charge in [-0.15, -0.1) is 0 Å². The second-order valence-corrected chi connectivity index (χ2v) is 8.80. The maximum absolute atomic E-state index is 13.4. The van der Waals surface area contributed by atoms with Crippen LogP contribution in [-0.4, -0.2) is 55.8 Å². The van der Waals surface area contributed by atoms with Gasteiger partial charge in [-0.05, 0) is 50.6 Å². The highest BCUT2D eigenvalue weighted by molar-refractivity contribution is 7.89. The summed E-state index contributed by atoms with van der Waals surface area (Å²) in [5.74, 6) is -0.398. The molecule has 1 aromatic carbocycles. The Kier molecular flexibility index (Phi) is 7.10. The van der Waals surface area contributed by atoms with E-state index in [9.17, 15) is 18.0 Å². The van der Waals surface area contributed by atoms with Gasteiger partial charge in [0.05, 0.1) is 25.2 Å². The monoisotopic (exact) mass is 436 g/mol. The molecule has 0 saturated heterocycles. The van der Waals surface area contributed by atoms with E-state index in [1.165, 1.54) is 26.4 Å². The second-order valence-electron chi connectivity index (χ2n) is 6.91. The lowest BCUT2D eigenvalue weighted by molar-refractivity contribution is 0.0588. The summed E-state index contributed by atoms with van der Waals surface area (Å²) < 4.78 is 39.0. The molecule has 1 aromatic heterocycles. The molecule has 0 aliphatic carbocycles. The third kappa shape index (κ3) is 3.99. The molecule has 164 valence electrons. The van der Waals surface area contributed by atoms with Crippen LogP contribution >= 0.6 is 0 Å². The Labute approximate surface area is 177 Å². The summed E-state index contributed by atoms with van der Waals surface area (Å²) in [6.07, 6.45) is 0. The highest BCUT2D eigenvalue weighted by atomic mass is 32.2. The summed E-state index contributed by atoms with van der Waals surface area (Å²) in [6, 6.07) is 5.04. The number of hydrogen-bond acceptors (Lipinski definition) is 6. The Balaban J connectivity index is 2.48. The van der Waals surface area contributed by atoms with Crippen molar-refractivity contribution >= 4 is 21.8 Å². The molecule has 1 heterocycles. The van der Waals surface area contributed by atoms with Gasteiger partial charge in [0.15, 0.2) is 5.78 Å². The summed E-state index contributed by atoms with van der Waals surface area (Å²) in [7, 11) is 0.517. The maximum Gasteiger partial charge on any atom is 0.354 e. The number of nitrogens with zero attached hydrogens (tertiary/aromatic N) is 2. The number of aromatic nitrogens is 1. The predicted octanol–water partition coefficient (Wildman–Crippen LogP) is 2.72. The topological polar surface area (TPSA) is 94.9 Å². The van der Waals surface area contributed by atoms with Crippen LogP contribution in [0.15, 0.2) is 29.2 Å². The van der Waals surface area contributed by atoms with Gasteiger partial charge in [0.1, 0.15) is 11.4 Å². The van der Waals surface area contributed by atoms with E-state index < -0.39 is 22.0 Å². The van der Waals surface area contributed by atoms with Gasteiger partial charge < -0.3 is 14.0 Å². The number of rotatable bonds is 8. The molecule has 2 rings (SSSR count). The molecule has 0 radical (unpaired) electrons. The summed E-state index contributed by atoms with van der Waals surface area (Å²) in [4.78, 5) is 25.5. The average Bonchev–Trinajstić information content (AvgIpc) is 2.95. The number of carbonyl (C=O) groups excluding carboxylic acids is 2. The third-order valence-electron chi connectivity index (χ3n) is 5.34. The molecular weight excluding hydrogens is 408 g/mol. The Morgan fingerprint density at radius 3 is 2.17 bits per heavy atom. The average molecular weight is 437 g/mol. The van der Waals surface area contributed by atoms with E-state index in [1.807, 2.05) is 0 Å². The van der Waals surface area contributed by atoms with Crippen molar-refractivity contribution in [2.75, 3.05) is 20.8 Å². The SMILES string of the molecule is CCN(C(C)C(=O)c1c(C)c(C(=O)OC)n(C)c1C)S(=O)(=O)c1ccc(OC)cc1. The van der Waals surface area contributed by atoms with Crippen molar-refractivity contribution in [1.82, 2.24) is 8.87 Å². The quantitative estimate of drug-likeness (QED) is 0.466. The number of likely N-dealkylation sites (N-methyl/N-ethyl adjacent to an activating group) is 1. The van der Waals surface area contributed by atoms with Gasteiger partial charge in [0.2, 0.25) is 10.0 Å². The number of ether oxygens (including phenoxy) is 2. The molecule has 0 fully saturated rings. The third-order valence-corrected chi connectivity index (χ3v) is 7.40. The maximum atomic E-state index is 13.4. The van der Waals surface area contributed by atoms with E-state index in [2.05, 4.69) is 0 Å². The molecule has 8 nitrogen and oxygen atoms in total. The molecule has 0 bridgehead atoms. The van der Waals surface area contributed by atoms with Gasteiger partial charge >= 0.3 is 5.97 Å². The Morgan fingerprint density at radius 2 is 1.70 bits per heavy atom. The van der Waals surface area contributed by atoms with Crippen molar-refractivity contribution in [3.8, 4) is 5.75 Å². The highest BCUT2D eigenvalue weighted by Gasteiger charge is 2.35. The van der Waals surface area contributed by atoms with Crippen LogP contribution in [0, 0.1) is 13.8 Å². The first-order valence-corrected chi connectivity index (χ1v) is 10.9. The largest absolute Gasteiger partial charge is 0.497 e. The summed E-state index contributed by atoms with van der Waals surface area (Å²) in [5.41, 5.74) is 1.64. The predicted molar refractivity (Wildman–Crippen MR) is 113 cm³/mol. The van der Waals surface area contributed by atoms with E-state index in [0.717, 1.165) is 4.31 Å². The Bertz CT molecular complexity index is 1050. The highest BCUT2D eigenvalue weighted by Crippen LogP contribution is 2.27. The van der Waals surface area contributed by atoms with Crippen LogP contribution in [0.3, 0.4) is 0 Å². The van der Waals surface area contributed by atoms with Crippen LogP contribution in [0.2, 0.25) is 0 Å². The normalized spacial score (nSPS) is 12.7. The number of hydrogen-bond donors (Lipinski definition) is 0. The van der Waals surface area contributed by atoms with Gasteiger partial charge in [0.25, 0.3) is 0 Å². The van der Waals surface area contributed by atoms with E-state index in [-0.39, 0.29) is 22.9 Å². The molecule has 9 heteroatoms. The van der Waals surface area contributed by atoms with Crippen molar-refractivity contribution in [1.29, 1.82) is 0 Å². The Hall–Kier alpha value is -2.65. The standard InChI is InChI=1S/C21H28N2O6S/c1-8-23(30(26,27)17-11-9-16(28-6)10-12-17)15(4)20(24)18-13(2)19(21(25)29-7)22(5)14(18)3/h9-12,15H,8H2,1-7H3. The van der Waals surface area contributed by atoms with Crippen LogP contribution in [0.5, 0.6) is 5.75 Å². The molecule has 2 aromatic rings. The lowest BCUT2D eigenvalue weighted by Crippen LogP contribution is -2.43. The first kappa shape index (κ1) is 23.6. The number of carbonyl (C=O) groups is 2. The summed E-state index contributed by atoms with van der Waals surface area (Å²) in [5, 5.41) is 0. The molecule has 0 aliphatic rings. The molecule has 0 saturated carbocycles. The van der Waals surface area contributed by atoms with E-state index in [1.54, 1.807) is 51.4 Å². The fraction of sp³-hybridized carbons (Fsp3) is 0.429. The zero-order valence-electron chi connectivity index (χ0n) is 18.3. The van der Waals surface area contributed by atoms with Gasteiger partial charge in [0, 0.05) is 24.8 Å². The molecule has 0 N–H and O–H groups in total. The fourth-order valence-electron chi connectivity index (χ4n) is 3.60. The number of ketones is 1. The molecule has 0 spiro atoms. The second kappa shape index (κ2) is 9.01. The first-order valence-electron chi connectivity index (χ1n) is 9.47. The molecule has 1 unspecified atom stereocenters. The molecular formula is C21H28N2O6S. The van der Waals surface area contributed by atoms with Crippen molar-refractivity contribution in [2.45, 2.75) is 38.6 Å². The van der Waals surface area contributed by atoms with Crippen LogP contribution in [0.25, 0.3) is 0 Å². The number of esters is 1. The molecule has 0 aliphatic heterocycles. The molecule has 0 amide bonds. The van der Waals surface area contributed by atoms with E-state index in [0.29, 0.717) is 22.6 Å². The number of methoxy groups -OCH3 is 2. The minimum Gasteiger partial charge on any atom is -0.497 e. The summed E-state index contributed by atoms with van der Waals surface area (Å²) in [6.45, 7) is 6.71. The van der Waals surface area contributed by atoms with Gasteiger partial charge in [-0.1, -0.05) is 6.92 Å². The zero-order chi connectivity index (χ0) is 22.8. The molecule has 30 heavy (non-hydrogen) atoms. The van der Waals surface area contributed by atoms with Crippen LogP contribution < -0.4 is 4.74 Å². The fourth-order valence-corrected chi connectivity index (χ4v) is 5.20. The van der Waals surface area contributed by atoms with Crippen LogP contribution in [-0.2, 0) is 21.8 Å². The van der Waals surface area contributed by atoms with Crippen molar-refractivity contribution in [2.24, 2.45) is 7.05 Å². The van der Waals surface area contributed by atoms with E-state index in [4.69, 9.17) is 9.47 Å². The van der Waals surface area contributed by atoms with Crippen molar-refractivity contribution in [3.63, 3.8) is 0 Å². The Morgan fingerprint density at radius 1 is 1.13 bits per heavy atom. The number of sulfonamides is 1. The minimum atomic E-state index is -3.92. The van der Waals surface area contributed by atoms with Gasteiger partial charge in [-0.2, -0.15) is 4.31 Å². The van der Waals surface area contributed by atoms with Crippen molar-refractivity contribution in [3.05, 3.63) is 46.8 Å². The van der Waals surface area contributed by atoms with Crippen LogP contribution in [0.4, 0.5) is 0 Å². The van der Waals surface area contributed by atoms with Crippen LogP contribution in [0.1, 0.15) is 46.0 Å². The lowest BCUT2D eigenvalue weighted by atomic mass is 10.0. The smallest absolute Gasteiger partial charge is 0.354 e. The first-order chi connectivity index (χ1) is 14.0. The van der Waals surface area contributed by atoms with Gasteiger partial charge in [-0.25, -0.2) is 13.2 Å². The van der Waals surface area contributed by atoms with Gasteiger partial charge in [-0.3, -0.25) is 4.79 Å².